The number of aliphatic hydroxyl groups excluding tert-OH is 1. The normalized spacial score (nSPS) is 23.8. The number of carbonyl (C=O) groups is 2. The fourth-order valence-corrected chi connectivity index (χ4v) is 1.98. The van der Waals surface area contributed by atoms with E-state index in [2.05, 4.69) is 5.32 Å². The Kier molecular flexibility index (Phi) is 5.13. The van der Waals surface area contributed by atoms with Crippen LogP contribution in [0.1, 0.15) is 20.8 Å². The molecule has 0 bridgehead atoms. The molecule has 3 N–H and O–H groups in total. The summed E-state index contributed by atoms with van der Waals surface area (Å²) in [5.41, 5.74) is -0.526. The third kappa shape index (κ3) is 4.68. The predicted octanol–water partition coefficient (Wildman–Crippen LogP) is -0.112. The second kappa shape index (κ2) is 6.21. The minimum atomic E-state index is -0.948. The van der Waals surface area contributed by atoms with Gasteiger partial charge in [0.1, 0.15) is 0 Å². The molecule has 2 unspecified atom stereocenters. The lowest BCUT2D eigenvalue weighted by Gasteiger charge is -2.42. The molecule has 0 spiro atoms. The molecule has 0 aliphatic carbocycles. The van der Waals surface area contributed by atoms with E-state index in [9.17, 15) is 9.59 Å². The van der Waals surface area contributed by atoms with Crippen molar-refractivity contribution in [2.24, 2.45) is 5.92 Å². The molecule has 19 heavy (non-hydrogen) atoms. The zero-order valence-corrected chi connectivity index (χ0v) is 11.5. The Morgan fingerprint density at radius 3 is 2.68 bits per heavy atom. The molecule has 1 rings (SSSR count). The highest BCUT2D eigenvalue weighted by Crippen LogP contribution is 2.20. The monoisotopic (exact) mass is 274 g/mol. The number of carboxylic acids is 1. The largest absolute Gasteiger partial charge is 0.481 e. The summed E-state index contributed by atoms with van der Waals surface area (Å²) in [6, 6.07) is -0.331. The van der Waals surface area contributed by atoms with Crippen molar-refractivity contribution in [2.45, 2.75) is 32.5 Å². The van der Waals surface area contributed by atoms with Crippen LogP contribution < -0.4 is 5.32 Å². The summed E-state index contributed by atoms with van der Waals surface area (Å²) in [7, 11) is 0. The lowest BCUT2D eigenvalue weighted by molar-refractivity contribution is -0.141. The number of carboxylic acid groups (broad SMARTS) is 1. The number of aliphatic hydroxyl groups is 1. The van der Waals surface area contributed by atoms with Crippen molar-refractivity contribution >= 4 is 12.0 Å². The van der Waals surface area contributed by atoms with Gasteiger partial charge in [0.2, 0.25) is 0 Å². The van der Waals surface area contributed by atoms with E-state index < -0.39 is 23.6 Å². The Labute approximate surface area is 112 Å². The minimum Gasteiger partial charge on any atom is -0.481 e. The lowest BCUT2D eigenvalue weighted by atomic mass is 10.1. The number of rotatable bonds is 4. The Bertz CT molecular complexity index is 345. The van der Waals surface area contributed by atoms with Crippen LogP contribution in [0.5, 0.6) is 0 Å². The van der Waals surface area contributed by atoms with Gasteiger partial charge in [-0.1, -0.05) is 6.92 Å². The molecular weight excluding hydrogens is 252 g/mol. The molecule has 1 heterocycles. The average Bonchev–Trinajstić information content (AvgIpc) is 2.33. The second-order valence-electron chi connectivity index (χ2n) is 5.49. The van der Waals surface area contributed by atoms with E-state index in [-0.39, 0.29) is 19.2 Å². The van der Waals surface area contributed by atoms with E-state index in [0.717, 1.165) is 0 Å². The number of morpholine rings is 1. The molecule has 1 fully saturated rings. The molecule has 0 saturated carbocycles. The van der Waals surface area contributed by atoms with Crippen molar-refractivity contribution in [1.29, 1.82) is 0 Å². The van der Waals surface area contributed by atoms with Crippen LogP contribution in [0.3, 0.4) is 0 Å². The van der Waals surface area contributed by atoms with E-state index >= 15 is 0 Å². The molecule has 7 nitrogen and oxygen atoms in total. The van der Waals surface area contributed by atoms with Gasteiger partial charge in [0.15, 0.2) is 0 Å². The van der Waals surface area contributed by atoms with Crippen LogP contribution >= 0.6 is 0 Å². The van der Waals surface area contributed by atoms with Crippen LogP contribution in [-0.2, 0) is 9.53 Å². The van der Waals surface area contributed by atoms with Gasteiger partial charge in [-0.3, -0.25) is 4.79 Å². The summed E-state index contributed by atoms with van der Waals surface area (Å²) < 4.78 is 5.60. The Hall–Kier alpha value is -1.34. The minimum absolute atomic E-state index is 0.0791. The van der Waals surface area contributed by atoms with Gasteiger partial charge in [-0.15, -0.1) is 0 Å². The number of ether oxygens (including phenoxy) is 1. The summed E-state index contributed by atoms with van der Waals surface area (Å²) in [6.07, 6.45) is -0.411. The maximum atomic E-state index is 12.0. The van der Waals surface area contributed by atoms with Crippen molar-refractivity contribution in [1.82, 2.24) is 10.2 Å². The summed E-state index contributed by atoms with van der Waals surface area (Å²) in [5.74, 6) is -1.58. The van der Waals surface area contributed by atoms with Crippen LogP contribution in [0, 0.1) is 5.92 Å². The fourth-order valence-electron chi connectivity index (χ4n) is 1.98. The van der Waals surface area contributed by atoms with Gasteiger partial charge >= 0.3 is 12.0 Å². The number of aliphatic carboxylic acids is 1. The molecule has 1 aliphatic heterocycles. The summed E-state index contributed by atoms with van der Waals surface area (Å²) in [6.45, 7) is 5.84. The number of nitrogens with one attached hydrogen (secondary N) is 1. The van der Waals surface area contributed by atoms with Gasteiger partial charge in [0.05, 0.1) is 37.3 Å². The number of nitrogens with zero attached hydrogens (tertiary/aromatic N) is 1. The Morgan fingerprint density at radius 2 is 2.16 bits per heavy atom. The van der Waals surface area contributed by atoms with Gasteiger partial charge in [0.25, 0.3) is 0 Å². The molecule has 0 aromatic heterocycles. The first-order valence-corrected chi connectivity index (χ1v) is 6.29. The van der Waals surface area contributed by atoms with Crippen molar-refractivity contribution in [3.63, 3.8) is 0 Å². The van der Waals surface area contributed by atoms with E-state index in [4.69, 9.17) is 14.9 Å². The number of hydrogen-bond donors (Lipinski definition) is 3. The zero-order chi connectivity index (χ0) is 14.6. The number of amides is 2. The van der Waals surface area contributed by atoms with Gasteiger partial charge in [0, 0.05) is 6.54 Å². The highest BCUT2D eigenvalue weighted by atomic mass is 16.5. The first-order chi connectivity index (χ1) is 8.75. The second-order valence-corrected chi connectivity index (χ2v) is 5.49. The van der Waals surface area contributed by atoms with Gasteiger partial charge in [-0.05, 0) is 13.8 Å². The summed E-state index contributed by atoms with van der Waals surface area (Å²) in [5, 5.41) is 20.5. The third-order valence-electron chi connectivity index (χ3n) is 2.95. The first kappa shape index (κ1) is 15.7. The molecule has 0 aromatic rings. The first-order valence-electron chi connectivity index (χ1n) is 6.29. The van der Waals surface area contributed by atoms with Gasteiger partial charge < -0.3 is 25.2 Å². The predicted molar refractivity (Wildman–Crippen MR) is 67.8 cm³/mol. The van der Waals surface area contributed by atoms with E-state index in [1.165, 1.54) is 6.92 Å². The molecule has 1 aliphatic rings. The average molecular weight is 274 g/mol. The van der Waals surface area contributed by atoms with Gasteiger partial charge in [-0.25, -0.2) is 4.79 Å². The van der Waals surface area contributed by atoms with Crippen LogP contribution in [0.2, 0.25) is 0 Å². The third-order valence-corrected chi connectivity index (χ3v) is 2.95. The van der Waals surface area contributed by atoms with Crippen LogP contribution in [0.4, 0.5) is 4.79 Å². The lowest BCUT2D eigenvalue weighted by Crippen LogP contribution is -2.58. The fraction of sp³-hybridized carbons (Fsp3) is 0.833. The van der Waals surface area contributed by atoms with Crippen LogP contribution in [0.15, 0.2) is 0 Å². The van der Waals surface area contributed by atoms with Crippen molar-refractivity contribution in [2.75, 3.05) is 26.2 Å². The molecule has 7 heteroatoms. The molecule has 1 saturated heterocycles. The Morgan fingerprint density at radius 1 is 1.53 bits per heavy atom. The number of hydrogen-bond acceptors (Lipinski definition) is 4. The quantitative estimate of drug-likeness (QED) is 0.664. The highest BCUT2D eigenvalue weighted by molar-refractivity contribution is 5.76. The number of carbonyl (C=O) groups excluding carboxylic acids is 1. The van der Waals surface area contributed by atoms with E-state index in [0.29, 0.717) is 13.1 Å². The zero-order valence-electron chi connectivity index (χ0n) is 11.5. The maximum absolute atomic E-state index is 12.0. The molecule has 0 radical (unpaired) electrons. The Balaban J connectivity index is 2.53. The maximum Gasteiger partial charge on any atom is 0.317 e. The van der Waals surface area contributed by atoms with Crippen molar-refractivity contribution in [3.05, 3.63) is 0 Å². The standard InChI is InChI=1S/C12H22N2O5/c1-8(10(16)17)4-13-11(18)14-5-9(6-15)19-12(2,3)7-14/h8-9,15H,4-7H2,1-3H3,(H,13,18)(H,16,17). The van der Waals surface area contributed by atoms with Crippen LogP contribution in [0.25, 0.3) is 0 Å². The van der Waals surface area contributed by atoms with Crippen LogP contribution in [-0.4, -0.2) is 65.1 Å². The SMILES string of the molecule is CC(CNC(=O)N1CC(CO)OC(C)(C)C1)C(=O)O. The highest BCUT2D eigenvalue weighted by Gasteiger charge is 2.35. The number of urea groups is 1. The molecule has 110 valence electrons. The smallest absolute Gasteiger partial charge is 0.317 e. The van der Waals surface area contributed by atoms with Crippen molar-refractivity contribution in [3.8, 4) is 0 Å². The summed E-state index contributed by atoms with van der Waals surface area (Å²) in [4.78, 5) is 24.2. The molecule has 2 atom stereocenters. The topological polar surface area (TPSA) is 99.1 Å². The molecular formula is C12H22N2O5. The van der Waals surface area contributed by atoms with E-state index in [1.807, 2.05) is 13.8 Å². The molecule has 2 amide bonds. The van der Waals surface area contributed by atoms with E-state index in [1.54, 1.807) is 4.90 Å². The van der Waals surface area contributed by atoms with Crippen molar-refractivity contribution < 1.29 is 24.5 Å². The molecule has 0 aromatic carbocycles. The van der Waals surface area contributed by atoms with Gasteiger partial charge in [-0.2, -0.15) is 0 Å². The summed E-state index contributed by atoms with van der Waals surface area (Å²) >= 11 is 0.